The summed E-state index contributed by atoms with van der Waals surface area (Å²) in [6, 6.07) is 21.8. The van der Waals surface area contributed by atoms with Gasteiger partial charge in [0.15, 0.2) is 0 Å². The molecule has 10 heteroatoms. The van der Waals surface area contributed by atoms with Crippen molar-refractivity contribution in [1.29, 1.82) is 0 Å². The van der Waals surface area contributed by atoms with Crippen LogP contribution in [0.4, 0.5) is 10.8 Å². The van der Waals surface area contributed by atoms with Gasteiger partial charge in [0.25, 0.3) is 15.9 Å². The summed E-state index contributed by atoms with van der Waals surface area (Å²) in [5.74, 6) is -0.480. The number of nitrogens with zero attached hydrogens (tertiary/aromatic N) is 3. The molecule has 1 amide bonds. The lowest BCUT2D eigenvalue weighted by Gasteiger charge is -2.25. The molecule has 1 heterocycles. The number of sulfonamides is 1. The average Bonchev–Trinajstić information content (AvgIpc) is 3.32. The Morgan fingerprint density at radius 1 is 1.00 bits per heavy atom. The minimum atomic E-state index is -4.05. The zero-order valence-corrected chi connectivity index (χ0v) is 18.9. The fourth-order valence-electron chi connectivity index (χ4n) is 3.02. The predicted octanol–water partition coefficient (Wildman–Crippen LogP) is 4.84. The van der Waals surface area contributed by atoms with Gasteiger partial charge in [-0.2, -0.15) is 0 Å². The van der Waals surface area contributed by atoms with Crippen LogP contribution in [0.5, 0.6) is 0 Å². The Balaban J connectivity index is 1.72. The average molecular weight is 485 g/mol. The zero-order chi connectivity index (χ0) is 22.6. The van der Waals surface area contributed by atoms with Gasteiger partial charge >= 0.3 is 0 Å². The van der Waals surface area contributed by atoms with E-state index in [1.165, 1.54) is 45.4 Å². The van der Waals surface area contributed by atoms with Gasteiger partial charge in [-0.15, -0.1) is 10.2 Å². The largest absolute Gasteiger partial charge is 0.296 e. The summed E-state index contributed by atoms with van der Waals surface area (Å²) in [7, 11) is -4.05. The number of halogens is 1. The van der Waals surface area contributed by atoms with E-state index in [0.29, 0.717) is 15.8 Å². The molecule has 1 aromatic heterocycles. The Bertz CT molecular complexity index is 1330. The number of aromatic nitrogens is 2. The summed E-state index contributed by atoms with van der Waals surface area (Å²) in [6.07, 6.45) is 0. The molecule has 4 rings (SSSR count). The molecule has 0 bridgehead atoms. The number of hydrogen-bond donors (Lipinski definition) is 1. The molecule has 0 aliphatic carbocycles. The molecule has 0 spiro atoms. The topological polar surface area (TPSA) is 92.3 Å². The van der Waals surface area contributed by atoms with Crippen molar-refractivity contribution in [2.75, 3.05) is 9.62 Å². The third kappa shape index (κ3) is 4.80. The van der Waals surface area contributed by atoms with E-state index in [0.717, 1.165) is 5.56 Å². The van der Waals surface area contributed by atoms with Crippen molar-refractivity contribution in [3.05, 3.63) is 101 Å². The first-order valence-corrected chi connectivity index (χ1v) is 12.1. The maximum Gasteiger partial charge on any atom is 0.264 e. The highest BCUT2D eigenvalue weighted by Gasteiger charge is 2.27. The number of benzene rings is 3. The minimum Gasteiger partial charge on any atom is -0.296 e. The highest BCUT2D eigenvalue weighted by molar-refractivity contribution is 7.92. The Morgan fingerprint density at radius 2 is 1.75 bits per heavy atom. The zero-order valence-electron chi connectivity index (χ0n) is 16.6. The van der Waals surface area contributed by atoms with E-state index in [-0.39, 0.29) is 17.0 Å². The first-order chi connectivity index (χ1) is 15.4. The molecule has 0 radical (unpaired) electrons. The van der Waals surface area contributed by atoms with Crippen LogP contribution in [0.3, 0.4) is 0 Å². The van der Waals surface area contributed by atoms with Crippen molar-refractivity contribution >= 4 is 49.7 Å². The molecule has 32 heavy (non-hydrogen) atoms. The molecular formula is C22H17ClN4O3S2. The second-order valence-electron chi connectivity index (χ2n) is 6.67. The summed E-state index contributed by atoms with van der Waals surface area (Å²) in [6.45, 7) is 0.0775. The van der Waals surface area contributed by atoms with Crippen LogP contribution in [0.2, 0.25) is 5.02 Å². The number of rotatable bonds is 7. The van der Waals surface area contributed by atoms with Gasteiger partial charge in [-0.05, 0) is 35.9 Å². The van der Waals surface area contributed by atoms with Crippen LogP contribution < -0.4 is 9.62 Å². The van der Waals surface area contributed by atoms with Crippen LogP contribution in [-0.2, 0) is 16.6 Å². The van der Waals surface area contributed by atoms with Crippen molar-refractivity contribution in [3.8, 4) is 0 Å². The van der Waals surface area contributed by atoms with E-state index in [4.69, 9.17) is 11.6 Å². The number of anilines is 2. The lowest BCUT2D eigenvalue weighted by atomic mass is 10.2. The molecule has 1 N–H and O–H groups in total. The van der Waals surface area contributed by atoms with Gasteiger partial charge in [0.1, 0.15) is 5.51 Å². The lowest BCUT2D eigenvalue weighted by molar-refractivity contribution is 0.102. The third-order valence-corrected chi connectivity index (χ3v) is 7.24. The molecule has 0 aliphatic heterocycles. The number of amides is 1. The molecule has 0 saturated heterocycles. The van der Waals surface area contributed by atoms with Crippen LogP contribution in [0.1, 0.15) is 15.9 Å². The van der Waals surface area contributed by atoms with E-state index in [1.54, 1.807) is 24.3 Å². The second kappa shape index (κ2) is 9.47. The van der Waals surface area contributed by atoms with Gasteiger partial charge in [-0.3, -0.25) is 14.4 Å². The summed E-state index contributed by atoms with van der Waals surface area (Å²) in [4.78, 5) is 12.5. The number of nitrogens with one attached hydrogen (secondary N) is 1. The summed E-state index contributed by atoms with van der Waals surface area (Å²) in [5, 5.41) is 10.7. The van der Waals surface area contributed by atoms with Gasteiger partial charge in [-0.25, -0.2) is 8.42 Å². The van der Waals surface area contributed by atoms with Crippen LogP contribution >= 0.6 is 22.9 Å². The molecule has 0 aliphatic rings. The van der Waals surface area contributed by atoms with Gasteiger partial charge in [0.2, 0.25) is 5.13 Å². The van der Waals surface area contributed by atoms with Crippen LogP contribution in [0, 0.1) is 0 Å². The van der Waals surface area contributed by atoms with E-state index in [2.05, 4.69) is 15.5 Å². The molecule has 0 atom stereocenters. The molecule has 3 aromatic carbocycles. The lowest BCUT2D eigenvalue weighted by Crippen LogP contribution is -2.31. The first kappa shape index (κ1) is 21.9. The Labute approximate surface area is 194 Å². The number of carbonyl (C=O) groups excluding carboxylic acids is 1. The van der Waals surface area contributed by atoms with E-state index >= 15 is 0 Å². The Hall–Kier alpha value is -3.27. The van der Waals surface area contributed by atoms with Crippen molar-refractivity contribution < 1.29 is 13.2 Å². The SMILES string of the molecule is O=C(Nc1nncs1)c1cccc(S(=O)(=O)N(Cc2ccccc2)c2ccccc2Cl)c1. The molecule has 162 valence electrons. The number of carbonyl (C=O) groups is 1. The van der Waals surface area contributed by atoms with Gasteiger partial charge < -0.3 is 0 Å². The summed E-state index contributed by atoms with van der Waals surface area (Å²) in [5.41, 5.74) is 2.81. The third-order valence-electron chi connectivity index (χ3n) is 4.55. The maximum atomic E-state index is 13.7. The summed E-state index contributed by atoms with van der Waals surface area (Å²) < 4.78 is 28.6. The molecule has 0 saturated carbocycles. The number of hydrogen-bond acceptors (Lipinski definition) is 6. The molecular weight excluding hydrogens is 468 g/mol. The molecule has 0 fully saturated rings. The van der Waals surface area contributed by atoms with Crippen molar-refractivity contribution in [3.63, 3.8) is 0 Å². The predicted molar refractivity (Wildman–Crippen MR) is 126 cm³/mol. The normalized spacial score (nSPS) is 11.2. The molecule has 4 aromatic rings. The smallest absolute Gasteiger partial charge is 0.264 e. The van der Waals surface area contributed by atoms with Crippen LogP contribution in [-0.4, -0.2) is 24.5 Å². The van der Waals surface area contributed by atoms with Gasteiger partial charge in [0.05, 0.1) is 22.2 Å². The Kier molecular flexibility index (Phi) is 6.50. The van der Waals surface area contributed by atoms with Crippen LogP contribution in [0.25, 0.3) is 0 Å². The first-order valence-electron chi connectivity index (χ1n) is 9.44. The van der Waals surface area contributed by atoms with Crippen molar-refractivity contribution in [2.45, 2.75) is 11.4 Å². The standard InChI is InChI=1S/C22H17ClN4O3S2/c23-19-11-4-5-12-20(19)27(14-16-7-2-1-3-8-16)32(29,30)18-10-6-9-17(13-18)21(28)25-22-26-24-15-31-22/h1-13,15H,14H2,(H,25,26,28). The maximum absolute atomic E-state index is 13.7. The summed E-state index contributed by atoms with van der Waals surface area (Å²) >= 11 is 7.52. The fourth-order valence-corrected chi connectivity index (χ4v) is 5.27. The minimum absolute atomic E-state index is 0.0294. The van der Waals surface area contributed by atoms with E-state index in [1.807, 2.05) is 30.3 Å². The van der Waals surface area contributed by atoms with Crippen molar-refractivity contribution in [2.24, 2.45) is 0 Å². The van der Waals surface area contributed by atoms with E-state index in [9.17, 15) is 13.2 Å². The quantitative estimate of drug-likeness (QED) is 0.405. The highest BCUT2D eigenvalue weighted by Crippen LogP contribution is 2.32. The second-order valence-corrected chi connectivity index (χ2v) is 9.78. The number of para-hydroxylation sites is 1. The van der Waals surface area contributed by atoms with Crippen LogP contribution in [0.15, 0.2) is 89.3 Å². The van der Waals surface area contributed by atoms with Gasteiger partial charge in [-0.1, -0.05) is 71.5 Å². The van der Waals surface area contributed by atoms with Crippen molar-refractivity contribution in [1.82, 2.24) is 10.2 Å². The van der Waals surface area contributed by atoms with Gasteiger partial charge in [0, 0.05) is 5.56 Å². The fraction of sp³-hybridized carbons (Fsp3) is 0.0455. The Morgan fingerprint density at radius 3 is 2.47 bits per heavy atom. The molecule has 7 nitrogen and oxygen atoms in total. The van der Waals surface area contributed by atoms with E-state index < -0.39 is 15.9 Å². The monoisotopic (exact) mass is 484 g/mol. The highest BCUT2D eigenvalue weighted by atomic mass is 35.5. The molecule has 0 unspecified atom stereocenters.